The number of anilines is 1. The summed E-state index contributed by atoms with van der Waals surface area (Å²) < 4.78 is 11.9. The van der Waals surface area contributed by atoms with Gasteiger partial charge >= 0.3 is 11.9 Å². The van der Waals surface area contributed by atoms with E-state index in [9.17, 15) is 0 Å². The van der Waals surface area contributed by atoms with Gasteiger partial charge < -0.3 is 25.0 Å². The SMILES string of the molecule is COc1ccc(OC)c(NC2CCN(Cc3ccc(Br)cc3)CC2)c1.O=C(O)C(=O)O. The Morgan fingerprint density at radius 1 is 1.03 bits per heavy atom. The van der Waals surface area contributed by atoms with E-state index in [1.165, 1.54) is 5.56 Å². The smallest absolute Gasteiger partial charge is 0.414 e. The normalized spacial score (nSPS) is 14.2. The van der Waals surface area contributed by atoms with Gasteiger partial charge in [-0.2, -0.15) is 0 Å². The van der Waals surface area contributed by atoms with Crippen molar-refractivity contribution in [2.45, 2.75) is 25.4 Å². The molecule has 2 aromatic carbocycles. The Balaban J connectivity index is 0.000000501. The highest BCUT2D eigenvalue weighted by Crippen LogP contribution is 2.31. The van der Waals surface area contributed by atoms with Crippen molar-refractivity contribution in [3.8, 4) is 11.5 Å². The Kier molecular flexibility index (Phi) is 9.61. The quantitative estimate of drug-likeness (QED) is 0.521. The largest absolute Gasteiger partial charge is 0.497 e. The molecule has 0 radical (unpaired) electrons. The highest BCUT2D eigenvalue weighted by molar-refractivity contribution is 9.10. The number of nitrogens with zero attached hydrogens (tertiary/aromatic N) is 1. The first-order valence-corrected chi connectivity index (χ1v) is 10.5. The minimum atomic E-state index is -1.82. The van der Waals surface area contributed by atoms with Gasteiger partial charge in [-0.05, 0) is 42.7 Å². The second kappa shape index (κ2) is 12.2. The van der Waals surface area contributed by atoms with E-state index in [0.717, 1.165) is 54.1 Å². The first-order chi connectivity index (χ1) is 14.8. The Labute approximate surface area is 189 Å². The van der Waals surface area contributed by atoms with Gasteiger partial charge in [0.2, 0.25) is 0 Å². The molecule has 2 aromatic rings. The summed E-state index contributed by atoms with van der Waals surface area (Å²) >= 11 is 3.49. The van der Waals surface area contributed by atoms with E-state index >= 15 is 0 Å². The molecule has 0 bridgehead atoms. The number of methoxy groups -OCH3 is 2. The molecule has 31 heavy (non-hydrogen) atoms. The summed E-state index contributed by atoms with van der Waals surface area (Å²) in [7, 11) is 3.39. The maximum Gasteiger partial charge on any atom is 0.414 e. The Bertz CT molecular complexity index is 855. The van der Waals surface area contributed by atoms with Crippen LogP contribution in [0.25, 0.3) is 0 Å². The average Bonchev–Trinajstić information content (AvgIpc) is 2.77. The fourth-order valence-corrected chi connectivity index (χ4v) is 3.49. The summed E-state index contributed by atoms with van der Waals surface area (Å²) in [5.74, 6) is -1.95. The number of hydrogen-bond donors (Lipinski definition) is 3. The molecule has 9 heteroatoms. The number of likely N-dealkylation sites (tertiary alicyclic amines) is 1. The molecule has 0 aromatic heterocycles. The molecule has 0 saturated carbocycles. The van der Waals surface area contributed by atoms with Crippen LogP contribution < -0.4 is 14.8 Å². The Hall–Kier alpha value is -2.78. The van der Waals surface area contributed by atoms with Gasteiger partial charge in [-0.3, -0.25) is 4.90 Å². The second-order valence-electron chi connectivity index (χ2n) is 7.00. The van der Waals surface area contributed by atoms with Crippen molar-refractivity contribution in [3.05, 3.63) is 52.5 Å². The number of carboxylic acid groups (broad SMARTS) is 2. The maximum absolute atomic E-state index is 9.10. The van der Waals surface area contributed by atoms with Crippen LogP contribution in [0.15, 0.2) is 46.9 Å². The molecule has 1 heterocycles. The van der Waals surface area contributed by atoms with Crippen molar-refractivity contribution in [1.82, 2.24) is 4.90 Å². The topological polar surface area (TPSA) is 108 Å². The van der Waals surface area contributed by atoms with Gasteiger partial charge in [0, 0.05) is 36.2 Å². The first kappa shape index (κ1) is 24.5. The standard InChI is InChI=1S/C20H25BrN2O2.C2H2O4/c1-24-18-7-8-20(25-2)19(13-18)22-17-9-11-23(12-10-17)14-15-3-5-16(21)6-4-15;3-1(4)2(5)6/h3-8,13,17,22H,9-12,14H2,1-2H3;(H,3,4)(H,5,6). The number of rotatable bonds is 6. The predicted octanol–water partition coefficient (Wildman–Crippen LogP) is 3.70. The number of carboxylic acids is 2. The van der Waals surface area contributed by atoms with Crippen LogP contribution in [-0.4, -0.2) is 60.4 Å². The van der Waals surface area contributed by atoms with Crippen molar-refractivity contribution >= 4 is 33.6 Å². The lowest BCUT2D eigenvalue weighted by Crippen LogP contribution is -2.38. The van der Waals surface area contributed by atoms with E-state index in [-0.39, 0.29) is 0 Å². The second-order valence-corrected chi connectivity index (χ2v) is 7.91. The summed E-state index contributed by atoms with van der Waals surface area (Å²) in [6.07, 6.45) is 2.24. The molecule has 1 fully saturated rings. The van der Waals surface area contributed by atoms with E-state index in [1.807, 2.05) is 18.2 Å². The molecule has 3 N–H and O–H groups in total. The van der Waals surface area contributed by atoms with Crippen LogP contribution >= 0.6 is 15.9 Å². The number of nitrogens with one attached hydrogen (secondary N) is 1. The van der Waals surface area contributed by atoms with Gasteiger partial charge in [0.1, 0.15) is 11.5 Å². The van der Waals surface area contributed by atoms with Crippen LogP contribution in [0.4, 0.5) is 5.69 Å². The van der Waals surface area contributed by atoms with Gasteiger partial charge in [0.05, 0.1) is 19.9 Å². The number of ether oxygens (including phenoxy) is 2. The van der Waals surface area contributed by atoms with Gasteiger partial charge in [-0.1, -0.05) is 28.1 Å². The van der Waals surface area contributed by atoms with E-state index in [0.29, 0.717) is 6.04 Å². The summed E-state index contributed by atoms with van der Waals surface area (Å²) in [5.41, 5.74) is 2.37. The number of halogens is 1. The highest BCUT2D eigenvalue weighted by atomic mass is 79.9. The monoisotopic (exact) mass is 494 g/mol. The maximum atomic E-state index is 9.10. The van der Waals surface area contributed by atoms with E-state index in [2.05, 4.69) is 50.4 Å². The van der Waals surface area contributed by atoms with E-state index in [1.54, 1.807) is 14.2 Å². The van der Waals surface area contributed by atoms with Crippen LogP contribution in [0.5, 0.6) is 11.5 Å². The lowest BCUT2D eigenvalue weighted by Gasteiger charge is -2.33. The molecule has 0 amide bonds. The number of benzene rings is 2. The molecule has 1 aliphatic rings. The summed E-state index contributed by atoms with van der Waals surface area (Å²) in [6.45, 7) is 3.21. The van der Waals surface area contributed by atoms with Gasteiger partial charge in [0.25, 0.3) is 0 Å². The zero-order valence-electron chi connectivity index (χ0n) is 17.5. The molecule has 1 aliphatic heterocycles. The number of piperidine rings is 1. The molecule has 0 aliphatic carbocycles. The van der Waals surface area contributed by atoms with Crippen molar-refractivity contribution in [2.75, 3.05) is 32.6 Å². The summed E-state index contributed by atoms with van der Waals surface area (Å²) in [4.78, 5) is 20.7. The van der Waals surface area contributed by atoms with Crippen LogP contribution in [0.1, 0.15) is 18.4 Å². The van der Waals surface area contributed by atoms with Crippen molar-refractivity contribution in [3.63, 3.8) is 0 Å². The number of aliphatic carboxylic acids is 2. The lowest BCUT2D eigenvalue weighted by atomic mass is 10.0. The Morgan fingerprint density at radius 2 is 1.65 bits per heavy atom. The fourth-order valence-electron chi connectivity index (χ4n) is 3.23. The van der Waals surface area contributed by atoms with E-state index < -0.39 is 11.9 Å². The van der Waals surface area contributed by atoms with Crippen molar-refractivity contribution in [2.24, 2.45) is 0 Å². The fraction of sp³-hybridized carbons (Fsp3) is 0.364. The minimum Gasteiger partial charge on any atom is -0.497 e. The third-order valence-corrected chi connectivity index (χ3v) is 5.38. The molecule has 1 saturated heterocycles. The number of carbonyl (C=O) groups is 2. The molecule has 0 spiro atoms. The molecular formula is C22H27BrN2O6. The van der Waals surface area contributed by atoms with E-state index in [4.69, 9.17) is 29.3 Å². The molecule has 0 unspecified atom stereocenters. The molecule has 168 valence electrons. The summed E-state index contributed by atoms with van der Waals surface area (Å²) in [6, 6.07) is 14.9. The van der Waals surface area contributed by atoms with Crippen LogP contribution in [0.2, 0.25) is 0 Å². The van der Waals surface area contributed by atoms with Gasteiger partial charge in [0.15, 0.2) is 0 Å². The van der Waals surface area contributed by atoms with Crippen molar-refractivity contribution in [1.29, 1.82) is 0 Å². The van der Waals surface area contributed by atoms with Gasteiger partial charge in [-0.15, -0.1) is 0 Å². The predicted molar refractivity (Wildman–Crippen MR) is 121 cm³/mol. The molecule has 3 rings (SSSR count). The zero-order valence-corrected chi connectivity index (χ0v) is 19.1. The average molecular weight is 495 g/mol. The van der Waals surface area contributed by atoms with Crippen LogP contribution in [-0.2, 0) is 16.1 Å². The molecule has 0 atom stereocenters. The summed E-state index contributed by atoms with van der Waals surface area (Å²) in [5, 5.41) is 18.4. The highest BCUT2D eigenvalue weighted by Gasteiger charge is 2.20. The Morgan fingerprint density at radius 3 is 2.16 bits per heavy atom. The third-order valence-electron chi connectivity index (χ3n) is 4.86. The van der Waals surface area contributed by atoms with Crippen LogP contribution in [0.3, 0.4) is 0 Å². The zero-order chi connectivity index (χ0) is 22.8. The lowest BCUT2D eigenvalue weighted by molar-refractivity contribution is -0.159. The van der Waals surface area contributed by atoms with Crippen molar-refractivity contribution < 1.29 is 29.3 Å². The molecular weight excluding hydrogens is 468 g/mol. The molecule has 8 nitrogen and oxygen atoms in total. The third kappa shape index (κ3) is 8.10. The first-order valence-electron chi connectivity index (χ1n) is 9.74. The van der Waals surface area contributed by atoms with Gasteiger partial charge in [-0.25, -0.2) is 9.59 Å². The van der Waals surface area contributed by atoms with Crippen LogP contribution in [0, 0.1) is 0 Å². The number of hydrogen-bond acceptors (Lipinski definition) is 6. The minimum absolute atomic E-state index is 0.460.